The minimum Gasteiger partial charge on any atom is -0.438 e. The quantitative estimate of drug-likeness (QED) is 0.0514. The lowest BCUT2D eigenvalue weighted by Crippen LogP contribution is -2.37. The van der Waals surface area contributed by atoms with Gasteiger partial charge in [-0.3, -0.25) is 0 Å². The monoisotopic (exact) mass is 660 g/mol. The molecule has 5 heteroatoms. The fourth-order valence-electron chi connectivity index (χ4n) is 6.27. The van der Waals surface area contributed by atoms with Crippen molar-refractivity contribution in [2.75, 3.05) is 19.5 Å². The van der Waals surface area contributed by atoms with Crippen molar-refractivity contribution in [2.45, 2.75) is 127 Å². The Labute approximate surface area is 290 Å². The number of rotatable bonds is 25. The van der Waals surface area contributed by atoms with Crippen LogP contribution in [0.4, 0.5) is 4.79 Å². The molecule has 0 spiro atoms. The molecule has 0 amide bonds. The molecule has 0 saturated carbocycles. The van der Waals surface area contributed by atoms with Crippen LogP contribution >= 0.6 is 11.8 Å². The fraction of sp³-hybridized carbons (Fsp3) is 0.548. The van der Waals surface area contributed by atoms with E-state index in [1.165, 1.54) is 97.0 Å². The average Bonchev–Trinajstić information content (AvgIpc) is 3.12. The molecule has 3 aromatic rings. The molecular weight excluding hydrogens is 601 g/mol. The maximum absolute atomic E-state index is 12.3. The van der Waals surface area contributed by atoms with E-state index in [2.05, 4.69) is 50.2 Å². The predicted molar refractivity (Wildman–Crippen MR) is 199 cm³/mol. The standard InChI is InChI=1S/C42H60O4S/c1-4-5-6-7-8-9-10-11-12-13-14-15-16-20-27-36(2)47-35-40(46-41(43)44-3)34-45-42(37-28-21-17-22-29-37,38-30-23-18-24-31-38)39-32-25-19-26-33-39/h17-19,21-26,28-33,36,40H,4-16,20,27,34-35H2,1-3H3. The van der Waals surface area contributed by atoms with Gasteiger partial charge in [-0.05, 0) is 23.1 Å². The Morgan fingerprint density at radius 2 is 1.04 bits per heavy atom. The van der Waals surface area contributed by atoms with E-state index in [0.29, 0.717) is 11.0 Å². The zero-order chi connectivity index (χ0) is 33.4. The van der Waals surface area contributed by atoms with Gasteiger partial charge in [0.05, 0.1) is 13.7 Å². The summed E-state index contributed by atoms with van der Waals surface area (Å²) in [7, 11) is 1.35. The van der Waals surface area contributed by atoms with E-state index in [4.69, 9.17) is 14.2 Å². The van der Waals surface area contributed by atoms with Gasteiger partial charge in [0.2, 0.25) is 0 Å². The Bertz CT molecular complexity index is 1090. The molecule has 0 aromatic heterocycles. The van der Waals surface area contributed by atoms with E-state index in [-0.39, 0.29) is 6.61 Å². The molecule has 0 saturated heterocycles. The van der Waals surface area contributed by atoms with Crippen LogP contribution in [0.2, 0.25) is 0 Å². The predicted octanol–water partition coefficient (Wildman–Crippen LogP) is 12.1. The van der Waals surface area contributed by atoms with Crippen LogP contribution in [0, 0.1) is 0 Å². The minimum absolute atomic E-state index is 0.229. The zero-order valence-corrected chi connectivity index (χ0v) is 30.2. The van der Waals surface area contributed by atoms with Crippen LogP contribution in [0.5, 0.6) is 0 Å². The van der Waals surface area contributed by atoms with E-state index in [0.717, 1.165) is 23.1 Å². The van der Waals surface area contributed by atoms with Gasteiger partial charge in [0.25, 0.3) is 0 Å². The Morgan fingerprint density at radius 1 is 0.638 bits per heavy atom. The van der Waals surface area contributed by atoms with Gasteiger partial charge in [0.1, 0.15) is 11.7 Å². The first-order chi connectivity index (χ1) is 23.1. The summed E-state index contributed by atoms with van der Waals surface area (Å²) in [5, 5.41) is 0.471. The molecule has 3 aromatic carbocycles. The summed E-state index contributed by atoms with van der Waals surface area (Å²) in [4.78, 5) is 12.3. The normalized spacial score (nSPS) is 12.8. The molecule has 0 fully saturated rings. The van der Waals surface area contributed by atoms with Gasteiger partial charge in [-0.15, -0.1) is 0 Å². The lowest BCUT2D eigenvalue weighted by atomic mass is 9.80. The van der Waals surface area contributed by atoms with Crippen LogP contribution in [0.15, 0.2) is 91.0 Å². The summed E-state index contributed by atoms with van der Waals surface area (Å²) in [6.45, 7) is 4.80. The largest absolute Gasteiger partial charge is 0.508 e. The molecule has 2 atom stereocenters. The first kappa shape index (κ1) is 38.7. The number of hydrogen-bond donors (Lipinski definition) is 0. The first-order valence-corrected chi connectivity index (χ1v) is 19.3. The highest BCUT2D eigenvalue weighted by atomic mass is 32.2. The number of hydrogen-bond acceptors (Lipinski definition) is 5. The summed E-state index contributed by atoms with van der Waals surface area (Å²) < 4.78 is 17.6. The Hall–Kier alpha value is -2.76. The smallest absolute Gasteiger partial charge is 0.438 e. The maximum Gasteiger partial charge on any atom is 0.508 e. The van der Waals surface area contributed by atoms with Crippen molar-refractivity contribution >= 4 is 17.9 Å². The van der Waals surface area contributed by atoms with Crippen molar-refractivity contribution in [1.82, 2.24) is 0 Å². The molecule has 2 unspecified atom stereocenters. The number of benzene rings is 3. The highest BCUT2D eigenvalue weighted by Gasteiger charge is 2.38. The summed E-state index contributed by atoms with van der Waals surface area (Å²) in [6.07, 6.45) is 19.3. The third-order valence-electron chi connectivity index (χ3n) is 8.99. The third-order valence-corrected chi connectivity index (χ3v) is 10.4. The van der Waals surface area contributed by atoms with Crippen molar-refractivity contribution in [3.8, 4) is 0 Å². The molecule has 0 bridgehead atoms. The second-order valence-corrected chi connectivity index (χ2v) is 14.3. The van der Waals surface area contributed by atoms with Crippen LogP contribution in [0.3, 0.4) is 0 Å². The second kappa shape index (κ2) is 23.5. The Balaban J connectivity index is 1.49. The van der Waals surface area contributed by atoms with Crippen molar-refractivity contribution in [3.63, 3.8) is 0 Å². The van der Waals surface area contributed by atoms with E-state index < -0.39 is 17.9 Å². The number of thioether (sulfide) groups is 1. The number of unbranched alkanes of at least 4 members (excludes halogenated alkanes) is 13. The molecule has 3 rings (SSSR count). The lowest BCUT2D eigenvalue weighted by Gasteiger charge is -2.37. The topological polar surface area (TPSA) is 44.8 Å². The van der Waals surface area contributed by atoms with Gasteiger partial charge in [-0.2, -0.15) is 11.8 Å². The minimum atomic E-state index is -0.869. The third kappa shape index (κ3) is 14.1. The Morgan fingerprint density at radius 3 is 1.45 bits per heavy atom. The highest BCUT2D eigenvalue weighted by molar-refractivity contribution is 7.99. The fourth-order valence-corrected chi connectivity index (χ4v) is 7.31. The molecule has 0 N–H and O–H groups in total. The number of carbonyl (C=O) groups is 1. The summed E-state index contributed by atoms with van der Waals surface area (Å²) in [5.41, 5.74) is 2.20. The highest BCUT2D eigenvalue weighted by Crippen LogP contribution is 2.40. The van der Waals surface area contributed by atoms with Crippen molar-refractivity contribution in [2.24, 2.45) is 0 Å². The van der Waals surface area contributed by atoms with Crippen molar-refractivity contribution in [3.05, 3.63) is 108 Å². The molecule has 4 nitrogen and oxygen atoms in total. The number of carbonyl (C=O) groups excluding carboxylic acids is 1. The number of ether oxygens (including phenoxy) is 3. The van der Waals surface area contributed by atoms with Crippen LogP contribution in [-0.4, -0.2) is 37.0 Å². The van der Waals surface area contributed by atoms with E-state index >= 15 is 0 Å². The van der Waals surface area contributed by atoms with Crippen LogP contribution in [0.1, 0.15) is 127 Å². The molecule has 0 aliphatic rings. The average molecular weight is 661 g/mol. The summed E-state index contributed by atoms with van der Waals surface area (Å²) in [5.74, 6) is 0.642. The van der Waals surface area contributed by atoms with Gasteiger partial charge < -0.3 is 14.2 Å². The molecule has 258 valence electrons. The number of methoxy groups -OCH3 is 1. The first-order valence-electron chi connectivity index (χ1n) is 18.3. The Kier molecular flexibility index (Phi) is 19.4. The van der Waals surface area contributed by atoms with Crippen molar-refractivity contribution < 1.29 is 19.0 Å². The van der Waals surface area contributed by atoms with E-state index in [1.54, 1.807) is 0 Å². The summed E-state index contributed by atoms with van der Waals surface area (Å²) >= 11 is 1.85. The molecule has 0 heterocycles. The summed E-state index contributed by atoms with van der Waals surface area (Å²) in [6, 6.07) is 30.9. The van der Waals surface area contributed by atoms with Gasteiger partial charge in [-0.1, -0.05) is 195 Å². The van der Waals surface area contributed by atoms with Gasteiger partial charge >= 0.3 is 6.16 Å². The van der Waals surface area contributed by atoms with E-state index in [9.17, 15) is 4.79 Å². The molecule has 0 aliphatic carbocycles. The van der Waals surface area contributed by atoms with Gasteiger partial charge in [0.15, 0.2) is 0 Å². The molecule has 0 radical (unpaired) electrons. The lowest BCUT2D eigenvalue weighted by molar-refractivity contribution is -0.0477. The second-order valence-electron chi connectivity index (χ2n) is 12.8. The van der Waals surface area contributed by atoms with Crippen LogP contribution in [0.25, 0.3) is 0 Å². The van der Waals surface area contributed by atoms with Crippen LogP contribution in [-0.2, 0) is 19.8 Å². The maximum atomic E-state index is 12.3. The molecular formula is C42H60O4S. The van der Waals surface area contributed by atoms with Gasteiger partial charge in [0, 0.05) is 11.0 Å². The molecule has 0 aliphatic heterocycles. The van der Waals surface area contributed by atoms with Crippen LogP contribution < -0.4 is 0 Å². The molecule has 47 heavy (non-hydrogen) atoms. The van der Waals surface area contributed by atoms with Crippen molar-refractivity contribution in [1.29, 1.82) is 0 Å². The zero-order valence-electron chi connectivity index (χ0n) is 29.4. The van der Waals surface area contributed by atoms with Gasteiger partial charge in [-0.25, -0.2) is 4.79 Å². The SMILES string of the molecule is CCCCCCCCCCCCCCCCC(C)SCC(COC(c1ccccc1)(c1ccccc1)c1ccccc1)OC(=O)OC. The van der Waals surface area contributed by atoms with E-state index in [1.807, 2.05) is 66.4 Å².